The summed E-state index contributed by atoms with van der Waals surface area (Å²) in [5.41, 5.74) is 5.96. The first-order chi connectivity index (χ1) is 7.89. The maximum atomic E-state index is 12.2. The molecule has 0 radical (unpaired) electrons. The molecule has 0 saturated carbocycles. The predicted octanol–water partition coefficient (Wildman–Crippen LogP) is 2.12. The monoisotopic (exact) mass is 277 g/mol. The van der Waals surface area contributed by atoms with E-state index in [9.17, 15) is 8.42 Å². The van der Waals surface area contributed by atoms with Crippen LogP contribution in [0.3, 0.4) is 0 Å². The maximum Gasteiger partial charge on any atom is 0.182 e. The third-order valence-electron chi connectivity index (χ3n) is 2.52. The molecule has 0 aromatic heterocycles. The van der Waals surface area contributed by atoms with Gasteiger partial charge in [0.15, 0.2) is 9.84 Å². The van der Waals surface area contributed by atoms with Gasteiger partial charge in [0.2, 0.25) is 0 Å². The molecular weight excluding hydrogens is 262 g/mol. The lowest BCUT2D eigenvalue weighted by atomic mass is 10.3. The second-order valence-electron chi connectivity index (χ2n) is 3.83. The largest absolute Gasteiger partial charge is 0.399 e. The van der Waals surface area contributed by atoms with Crippen LogP contribution in [0, 0.1) is 0 Å². The lowest BCUT2D eigenvalue weighted by Gasteiger charge is -2.14. The molecule has 17 heavy (non-hydrogen) atoms. The smallest absolute Gasteiger partial charge is 0.182 e. The average molecular weight is 278 g/mol. The van der Waals surface area contributed by atoms with E-state index in [2.05, 4.69) is 0 Å². The highest BCUT2D eigenvalue weighted by Gasteiger charge is 2.25. The van der Waals surface area contributed by atoms with Gasteiger partial charge in [-0.15, -0.1) is 0 Å². The van der Waals surface area contributed by atoms with E-state index in [4.69, 9.17) is 22.1 Å². The van der Waals surface area contributed by atoms with E-state index >= 15 is 0 Å². The van der Waals surface area contributed by atoms with Crippen LogP contribution in [-0.2, 0) is 14.6 Å². The Bertz CT molecular complexity index is 487. The second kappa shape index (κ2) is 5.71. The zero-order valence-corrected chi connectivity index (χ0v) is 11.4. The number of hydrogen-bond donors (Lipinski definition) is 1. The van der Waals surface area contributed by atoms with Gasteiger partial charge in [-0.3, -0.25) is 0 Å². The molecular formula is C11H16ClNO3S. The molecule has 1 atom stereocenters. The summed E-state index contributed by atoms with van der Waals surface area (Å²) >= 11 is 5.89. The van der Waals surface area contributed by atoms with Crippen LogP contribution in [0.25, 0.3) is 0 Å². The van der Waals surface area contributed by atoms with Gasteiger partial charge in [-0.2, -0.15) is 0 Å². The van der Waals surface area contributed by atoms with Crippen molar-refractivity contribution in [3.63, 3.8) is 0 Å². The molecule has 0 amide bonds. The molecule has 96 valence electrons. The van der Waals surface area contributed by atoms with Crippen LogP contribution < -0.4 is 5.73 Å². The summed E-state index contributed by atoms with van der Waals surface area (Å²) in [5, 5.41) is -0.356. The fourth-order valence-corrected chi connectivity index (χ4v) is 3.31. The molecule has 0 bridgehead atoms. The minimum Gasteiger partial charge on any atom is -0.399 e. The van der Waals surface area contributed by atoms with Gasteiger partial charge in [-0.1, -0.05) is 11.6 Å². The first-order valence-electron chi connectivity index (χ1n) is 5.17. The summed E-state index contributed by atoms with van der Waals surface area (Å²) in [6.45, 7) is 2.02. The van der Waals surface area contributed by atoms with Crippen LogP contribution >= 0.6 is 11.6 Å². The minimum absolute atomic E-state index is 0.0859. The third kappa shape index (κ3) is 3.34. The van der Waals surface area contributed by atoms with Crippen molar-refractivity contribution in [2.24, 2.45) is 0 Å². The van der Waals surface area contributed by atoms with Crippen LogP contribution in [0.15, 0.2) is 23.1 Å². The Morgan fingerprint density at radius 3 is 2.71 bits per heavy atom. The number of ether oxygens (including phenoxy) is 1. The van der Waals surface area contributed by atoms with Gasteiger partial charge in [0.25, 0.3) is 0 Å². The molecule has 6 heteroatoms. The van der Waals surface area contributed by atoms with Crippen molar-refractivity contribution < 1.29 is 13.2 Å². The van der Waals surface area contributed by atoms with E-state index in [0.717, 1.165) is 0 Å². The highest BCUT2D eigenvalue weighted by Crippen LogP contribution is 2.27. The van der Waals surface area contributed by atoms with Crippen molar-refractivity contribution in [1.29, 1.82) is 0 Å². The maximum absolute atomic E-state index is 12.2. The van der Waals surface area contributed by atoms with Gasteiger partial charge in [-0.05, 0) is 31.5 Å². The fraction of sp³-hybridized carbons (Fsp3) is 0.455. The highest BCUT2D eigenvalue weighted by atomic mass is 35.5. The highest BCUT2D eigenvalue weighted by molar-refractivity contribution is 7.92. The molecule has 0 aliphatic rings. The van der Waals surface area contributed by atoms with Crippen LogP contribution in [0.5, 0.6) is 0 Å². The van der Waals surface area contributed by atoms with E-state index in [1.165, 1.54) is 19.2 Å². The Morgan fingerprint density at radius 1 is 1.47 bits per heavy atom. The molecule has 1 rings (SSSR count). The van der Waals surface area contributed by atoms with E-state index in [1.807, 2.05) is 0 Å². The first-order valence-corrected chi connectivity index (χ1v) is 7.10. The van der Waals surface area contributed by atoms with E-state index in [1.54, 1.807) is 13.0 Å². The molecule has 0 saturated heterocycles. The molecule has 0 fully saturated rings. The van der Waals surface area contributed by atoms with E-state index in [-0.39, 0.29) is 9.92 Å². The summed E-state index contributed by atoms with van der Waals surface area (Å²) in [4.78, 5) is 0.0859. The van der Waals surface area contributed by atoms with Crippen molar-refractivity contribution in [2.45, 2.75) is 23.5 Å². The molecule has 1 aromatic carbocycles. The Hall–Kier alpha value is -0.780. The topological polar surface area (TPSA) is 69.4 Å². The van der Waals surface area contributed by atoms with Gasteiger partial charge in [0.1, 0.15) is 0 Å². The number of halogens is 1. The van der Waals surface area contributed by atoms with Gasteiger partial charge in [0, 0.05) is 19.4 Å². The lowest BCUT2D eigenvalue weighted by molar-refractivity contribution is 0.194. The molecule has 0 spiro atoms. The number of methoxy groups -OCH3 is 1. The molecule has 0 aliphatic heterocycles. The Labute approximate surface area is 107 Å². The molecule has 0 heterocycles. The van der Waals surface area contributed by atoms with Crippen molar-refractivity contribution in [2.75, 3.05) is 19.5 Å². The van der Waals surface area contributed by atoms with Gasteiger partial charge >= 0.3 is 0 Å². The molecule has 1 unspecified atom stereocenters. The number of nitrogens with two attached hydrogens (primary N) is 1. The summed E-state index contributed by atoms with van der Waals surface area (Å²) in [5.74, 6) is 0. The number of anilines is 1. The van der Waals surface area contributed by atoms with Crippen molar-refractivity contribution >= 4 is 27.1 Å². The minimum atomic E-state index is -3.46. The second-order valence-corrected chi connectivity index (χ2v) is 6.57. The van der Waals surface area contributed by atoms with E-state index < -0.39 is 15.1 Å². The van der Waals surface area contributed by atoms with E-state index in [0.29, 0.717) is 18.7 Å². The summed E-state index contributed by atoms with van der Waals surface area (Å²) in [7, 11) is -1.92. The summed E-state index contributed by atoms with van der Waals surface area (Å²) in [6, 6.07) is 4.45. The number of rotatable bonds is 5. The molecule has 0 aliphatic carbocycles. The van der Waals surface area contributed by atoms with Crippen LogP contribution in [0.4, 0.5) is 5.69 Å². The van der Waals surface area contributed by atoms with Crippen molar-refractivity contribution in [3.8, 4) is 0 Å². The summed E-state index contributed by atoms with van der Waals surface area (Å²) < 4.78 is 29.3. The Balaban J connectivity index is 3.08. The quantitative estimate of drug-likeness (QED) is 0.837. The number of benzene rings is 1. The first kappa shape index (κ1) is 14.3. The van der Waals surface area contributed by atoms with Crippen LogP contribution in [-0.4, -0.2) is 27.4 Å². The standard InChI is InChI=1S/C11H16ClNO3S/c1-8(5-6-16-2)17(14,15)11-7-9(13)3-4-10(11)12/h3-4,7-8H,5-6,13H2,1-2H3. The SMILES string of the molecule is COCCC(C)S(=O)(=O)c1cc(N)ccc1Cl. The van der Waals surface area contributed by atoms with Crippen molar-refractivity contribution in [3.05, 3.63) is 23.2 Å². The Kier molecular flexibility index (Phi) is 4.80. The number of sulfone groups is 1. The lowest BCUT2D eigenvalue weighted by Crippen LogP contribution is -2.20. The predicted molar refractivity (Wildman–Crippen MR) is 69.0 cm³/mol. The van der Waals surface area contributed by atoms with Gasteiger partial charge < -0.3 is 10.5 Å². The number of nitrogen functional groups attached to an aromatic ring is 1. The zero-order chi connectivity index (χ0) is 13.1. The molecule has 2 N–H and O–H groups in total. The third-order valence-corrected chi connectivity index (χ3v) is 5.21. The van der Waals surface area contributed by atoms with Gasteiger partial charge in [0.05, 0.1) is 15.2 Å². The normalized spacial score (nSPS) is 13.6. The average Bonchev–Trinajstić information content (AvgIpc) is 2.28. The Morgan fingerprint density at radius 2 is 2.12 bits per heavy atom. The van der Waals surface area contributed by atoms with Gasteiger partial charge in [-0.25, -0.2) is 8.42 Å². The molecule has 4 nitrogen and oxygen atoms in total. The zero-order valence-electron chi connectivity index (χ0n) is 9.81. The number of hydrogen-bond acceptors (Lipinski definition) is 4. The fourth-order valence-electron chi connectivity index (χ4n) is 1.39. The van der Waals surface area contributed by atoms with Crippen LogP contribution in [0.2, 0.25) is 5.02 Å². The van der Waals surface area contributed by atoms with Crippen molar-refractivity contribution in [1.82, 2.24) is 0 Å². The van der Waals surface area contributed by atoms with Crippen LogP contribution in [0.1, 0.15) is 13.3 Å². The summed E-state index contributed by atoms with van der Waals surface area (Å²) in [6.07, 6.45) is 0.421. The molecule has 1 aromatic rings.